The first-order valence-corrected chi connectivity index (χ1v) is 6.60. The van der Waals surface area contributed by atoms with Crippen molar-refractivity contribution in [3.05, 3.63) is 35.7 Å². The van der Waals surface area contributed by atoms with Gasteiger partial charge in [-0.2, -0.15) is 0 Å². The lowest BCUT2D eigenvalue weighted by atomic mass is 10.2. The minimum Gasteiger partial charge on any atom is -0.497 e. The molecule has 0 spiro atoms. The first kappa shape index (κ1) is 15.6. The Kier molecular flexibility index (Phi) is 4.45. The zero-order valence-corrected chi connectivity index (χ0v) is 12.6. The summed E-state index contributed by atoms with van der Waals surface area (Å²) in [5.74, 6) is -0.298. The predicted molar refractivity (Wildman–Crippen MR) is 79.9 cm³/mol. The van der Waals surface area contributed by atoms with Crippen molar-refractivity contribution in [2.45, 2.75) is 6.92 Å². The number of rotatable bonds is 5. The summed E-state index contributed by atoms with van der Waals surface area (Å²) >= 11 is 0. The topological polar surface area (TPSA) is 95.5 Å². The minimum atomic E-state index is -1.07. The molecule has 7 heteroatoms. The Balaban J connectivity index is 2.31. The maximum atomic E-state index is 12.2. The van der Waals surface area contributed by atoms with Gasteiger partial charge in [-0.25, -0.2) is 4.98 Å². The molecule has 0 aliphatic rings. The van der Waals surface area contributed by atoms with Gasteiger partial charge in [-0.3, -0.25) is 9.59 Å². The summed E-state index contributed by atoms with van der Waals surface area (Å²) in [6, 6.07) is 7.28. The molecule has 0 bridgehead atoms. The Bertz CT molecular complexity index is 709. The van der Waals surface area contributed by atoms with Crippen LogP contribution in [-0.4, -0.2) is 52.6 Å². The number of H-pyrrole nitrogens is 1. The summed E-state index contributed by atoms with van der Waals surface area (Å²) in [7, 11) is 3.00. The average molecular weight is 303 g/mol. The van der Waals surface area contributed by atoms with Gasteiger partial charge in [-0.1, -0.05) is 12.1 Å². The van der Waals surface area contributed by atoms with Crippen LogP contribution in [0.4, 0.5) is 0 Å². The smallest absolute Gasteiger partial charge is 0.323 e. The molecule has 0 saturated heterocycles. The number of amides is 1. The minimum absolute atomic E-state index is 0.210. The lowest BCUT2D eigenvalue weighted by molar-refractivity contribution is -0.137. The number of hydrogen-bond donors (Lipinski definition) is 2. The molecular formula is C15H17N3O4. The van der Waals surface area contributed by atoms with Gasteiger partial charge in [0.1, 0.15) is 23.8 Å². The fraction of sp³-hybridized carbons (Fsp3) is 0.267. The summed E-state index contributed by atoms with van der Waals surface area (Å²) in [4.78, 5) is 31.4. The predicted octanol–water partition coefficient (Wildman–Crippen LogP) is 1.55. The highest BCUT2D eigenvalue weighted by molar-refractivity contribution is 5.95. The largest absolute Gasteiger partial charge is 0.497 e. The fourth-order valence-corrected chi connectivity index (χ4v) is 2.03. The Morgan fingerprint density at radius 1 is 1.41 bits per heavy atom. The second kappa shape index (κ2) is 6.30. The second-order valence-corrected chi connectivity index (χ2v) is 4.85. The number of hydrogen-bond acceptors (Lipinski definition) is 4. The van der Waals surface area contributed by atoms with Crippen molar-refractivity contribution in [1.82, 2.24) is 14.9 Å². The van der Waals surface area contributed by atoms with Crippen LogP contribution in [0.15, 0.2) is 24.3 Å². The molecule has 2 rings (SSSR count). The molecule has 1 heterocycles. The highest BCUT2D eigenvalue weighted by Crippen LogP contribution is 2.23. The van der Waals surface area contributed by atoms with Crippen molar-refractivity contribution >= 4 is 11.9 Å². The van der Waals surface area contributed by atoms with E-state index in [4.69, 9.17) is 9.84 Å². The third-order valence-corrected chi connectivity index (χ3v) is 3.15. The number of aryl methyl sites for hydroxylation is 1. The molecule has 1 aromatic heterocycles. The summed E-state index contributed by atoms with van der Waals surface area (Å²) in [5.41, 5.74) is 1.57. The van der Waals surface area contributed by atoms with Crippen molar-refractivity contribution in [2.75, 3.05) is 20.7 Å². The molecule has 0 radical (unpaired) electrons. The first-order chi connectivity index (χ1) is 10.4. The van der Waals surface area contributed by atoms with E-state index in [-0.39, 0.29) is 12.2 Å². The van der Waals surface area contributed by atoms with Gasteiger partial charge in [0.05, 0.1) is 7.11 Å². The number of imidazole rings is 1. The number of aromatic nitrogens is 2. The van der Waals surface area contributed by atoms with E-state index in [0.717, 1.165) is 10.5 Å². The number of ether oxygens (including phenoxy) is 1. The number of nitrogens with one attached hydrogen (secondary N) is 1. The van der Waals surface area contributed by atoms with E-state index < -0.39 is 11.9 Å². The van der Waals surface area contributed by atoms with Gasteiger partial charge in [-0.05, 0) is 19.1 Å². The number of aliphatic carboxylic acids is 1. The van der Waals surface area contributed by atoms with Crippen LogP contribution in [0.2, 0.25) is 0 Å². The zero-order chi connectivity index (χ0) is 16.3. The Hall–Kier alpha value is -2.83. The Labute approximate surface area is 127 Å². The summed E-state index contributed by atoms with van der Waals surface area (Å²) < 4.78 is 5.16. The summed E-state index contributed by atoms with van der Waals surface area (Å²) in [5, 5.41) is 8.75. The van der Waals surface area contributed by atoms with E-state index in [1.807, 2.05) is 18.2 Å². The molecule has 0 fully saturated rings. The van der Waals surface area contributed by atoms with E-state index in [1.165, 1.54) is 7.05 Å². The van der Waals surface area contributed by atoms with E-state index >= 15 is 0 Å². The number of carboxylic acids is 1. The molecular weight excluding hydrogens is 286 g/mol. The summed E-state index contributed by atoms with van der Waals surface area (Å²) in [6.07, 6.45) is 0. The molecule has 1 aromatic carbocycles. The molecule has 0 atom stereocenters. The third-order valence-electron chi connectivity index (χ3n) is 3.15. The molecule has 0 unspecified atom stereocenters. The monoisotopic (exact) mass is 303 g/mol. The standard InChI is InChI=1S/C15H17N3O4/c1-9-13(15(21)18(2)8-12(19)20)17-14(16-9)10-5-4-6-11(7-10)22-3/h4-7H,8H2,1-3H3,(H,16,17)(H,19,20). The van der Waals surface area contributed by atoms with Crippen LogP contribution in [0, 0.1) is 6.92 Å². The maximum absolute atomic E-state index is 12.2. The van der Waals surface area contributed by atoms with Gasteiger partial charge >= 0.3 is 5.97 Å². The van der Waals surface area contributed by atoms with Gasteiger partial charge in [0.15, 0.2) is 0 Å². The van der Waals surface area contributed by atoms with E-state index in [1.54, 1.807) is 20.1 Å². The van der Waals surface area contributed by atoms with Crippen LogP contribution in [0.1, 0.15) is 16.2 Å². The molecule has 2 aromatic rings. The highest BCUT2D eigenvalue weighted by atomic mass is 16.5. The molecule has 0 saturated carbocycles. The number of benzene rings is 1. The van der Waals surface area contributed by atoms with Crippen LogP contribution >= 0.6 is 0 Å². The van der Waals surface area contributed by atoms with E-state index in [9.17, 15) is 9.59 Å². The number of carboxylic acid groups (broad SMARTS) is 1. The molecule has 116 valence electrons. The molecule has 1 amide bonds. The van der Waals surface area contributed by atoms with Crippen molar-refractivity contribution in [3.63, 3.8) is 0 Å². The van der Waals surface area contributed by atoms with Crippen LogP contribution in [-0.2, 0) is 4.79 Å². The lowest BCUT2D eigenvalue weighted by Gasteiger charge is -2.12. The van der Waals surface area contributed by atoms with Crippen LogP contribution < -0.4 is 4.74 Å². The van der Waals surface area contributed by atoms with Crippen LogP contribution in [0.25, 0.3) is 11.4 Å². The van der Waals surface area contributed by atoms with Crippen molar-refractivity contribution in [1.29, 1.82) is 0 Å². The highest BCUT2D eigenvalue weighted by Gasteiger charge is 2.20. The SMILES string of the molecule is COc1cccc(-c2nc(C(=O)N(C)CC(=O)O)c(C)[nH]2)c1. The fourth-order valence-electron chi connectivity index (χ4n) is 2.03. The van der Waals surface area contributed by atoms with Crippen molar-refractivity contribution < 1.29 is 19.4 Å². The maximum Gasteiger partial charge on any atom is 0.323 e. The van der Waals surface area contributed by atoms with Gasteiger partial charge < -0.3 is 19.7 Å². The lowest BCUT2D eigenvalue weighted by Crippen LogP contribution is -2.32. The average Bonchev–Trinajstić information content (AvgIpc) is 2.87. The van der Waals surface area contributed by atoms with Crippen LogP contribution in [0.5, 0.6) is 5.75 Å². The molecule has 22 heavy (non-hydrogen) atoms. The number of aromatic amines is 1. The second-order valence-electron chi connectivity index (χ2n) is 4.85. The number of methoxy groups -OCH3 is 1. The van der Waals surface area contributed by atoms with Crippen molar-refractivity contribution in [3.8, 4) is 17.1 Å². The number of nitrogens with zero attached hydrogens (tertiary/aromatic N) is 2. The Morgan fingerprint density at radius 3 is 2.77 bits per heavy atom. The third kappa shape index (κ3) is 3.25. The van der Waals surface area contributed by atoms with E-state index in [2.05, 4.69) is 9.97 Å². The quantitative estimate of drug-likeness (QED) is 0.873. The molecule has 2 N–H and O–H groups in total. The number of carbonyl (C=O) groups excluding carboxylic acids is 1. The van der Waals surface area contributed by atoms with E-state index in [0.29, 0.717) is 17.3 Å². The summed E-state index contributed by atoms with van der Waals surface area (Å²) in [6.45, 7) is 1.35. The van der Waals surface area contributed by atoms with Crippen molar-refractivity contribution in [2.24, 2.45) is 0 Å². The van der Waals surface area contributed by atoms with Gasteiger partial charge in [0, 0.05) is 18.3 Å². The molecule has 0 aliphatic heterocycles. The van der Waals surface area contributed by atoms with Gasteiger partial charge in [0.25, 0.3) is 5.91 Å². The van der Waals surface area contributed by atoms with Gasteiger partial charge in [0.2, 0.25) is 0 Å². The zero-order valence-electron chi connectivity index (χ0n) is 12.6. The number of likely N-dealkylation sites (N-methyl/N-ethyl adjacent to an activating group) is 1. The molecule has 0 aliphatic carbocycles. The Morgan fingerprint density at radius 2 is 2.14 bits per heavy atom. The first-order valence-electron chi connectivity index (χ1n) is 6.60. The van der Waals surface area contributed by atoms with Gasteiger partial charge in [-0.15, -0.1) is 0 Å². The normalized spacial score (nSPS) is 10.3. The number of carbonyl (C=O) groups is 2. The van der Waals surface area contributed by atoms with Crippen LogP contribution in [0.3, 0.4) is 0 Å². The molecule has 7 nitrogen and oxygen atoms in total.